The summed E-state index contributed by atoms with van der Waals surface area (Å²) in [6, 6.07) is 13.7. The Morgan fingerprint density at radius 2 is 1.65 bits per heavy atom. The van der Waals surface area contributed by atoms with Gasteiger partial charge < -0.3 is 20.1 Å². The third kappa shape index (κ3) is 10.8. The van der Waals surface area contributed by atoms with Crippen LogP contribution in [0, 0.1) is 6.92 Å². The van der Waals surface area contributed by atoms with E-state index in [0.29, 0.717) is 0 Å². The third-order valence-electron chi connectivity index (χ3n) is 7.27. The van der Waals surface area contributed by atoms with E-state index in [1.54, 1.807) is 12.1 Å². The maximum absolute atomic E-state index is 9.79. The van der Waals surface area contributed by atoms with Gasteiger partial charge in [-0.1, -0.05) is 74.8 Å². The Balaban J connectivity index is 1.21. The highest BCUT2D eigenvalue weighted by molar-refractivity contribution is 5.69. The molecule has 4 nitrogen and oxygen atoms in total. The first-order chi connectivity index (χ1) is 19.3. The standard InChI is InChI=1S/C36H48N2O2/c1-28-15-20-34(39)27-36(28)29(2)25-32-17-21-35(22-18-32)40-24-11-9-7-6-8-10-23-37-30(3)26-31-13-12-14-33(19-16-31)38(4)5/h12,14-22,27,37,39H,2-3,6-11,13,23-26H2,1,4-5H3. The molecule has 1 aliphatic carbocycles. The van der Waals surface area contributed by atoms with Crippen molar-refractivity contribution in [2.24, 2.45) is 0 Å². The molecule has 2 aromatic rings. The number of unbranched alkanes of at least 4 members (excludes halogenated alkanes) is 5. The highest BCUT2D eigenvalue weighted by Gasteiger charge is 2.07. The molecule has 0 radical (unpaired) electrons. The molecule has 0 fully saturated rings. The van der Waals surface area contributed by atoms with Gasteiger partial charge in [-0.2, -0.15) is 0 Å². The molecule has 0 spiro atoms. The smallest absolute Gasteiger partial charge is 0.119 e. The minimum absolute atomic E-state index is 0.276. The van der Waals surface area contributed by atoms with E-state index in [-0.39, 0.29) is 5.75 Å². The van der Waals surface area contributed by atoms with Crippen LogP contribution in [0.2, 0.25) is 0 Å². The predicted octanol–water partition coefficient (Wildman–Crippen LogP) is 8.50. The summed E-state index contributed by atoms with van der Waals surface area (Å²) in [5.41, 5.74) is 8.07. The maximum atomic E-state index is 9.79. The van der Waals surface area contributed by atoms with E-state index in [0.717, 1.165) is 67.0 Å². The SMILES string of the molecule is C=C(CC1=CC=C(N(C)C)C=CC1)NCCCCCCCCOc1ccc(CC(=C)c2cc(O)ccc2C)cc1. The molecule has 0 atom stereocenters. The van der Waals surface area contributed by atoms with Crippen LogP contribution >= 0.6 is 0 Å². The Morgan fingerprint density at radius 3 is 2.40 bits per heavy atom. The van der Waals surface area contributed by atoms with Gasteiger partial charge in [0.05, 0.1) is 6.61 Å². The lowest BCUT2D eigenvalue weighted by Gasteiger charge is -2.12. The number of rotatable bonds is 17. The number of likely N-dealkylation sites (N-methyl/N-ethyl adjacent to an activating group) is 1. The minimum Gasteiger partial charge on any atom is -0.508 e. The Kier molecular flexibility index (Phi) is 12.7. The molecule has 0 saturated carbocycles. The van der Waals surface area contributed by atoms with Crippen LogP contribution in [0.25, 0.3) is 5.57 Å². The summed E-state index contributed by atoms with van der Waals surface area (Å²) >= 11 is 0. The summed E-state index contributed by atoms with van der Waals surface area (Å²) in [7, 11) is 4.15. The highest BCUT2D eigenvalue weighted by Crippen LogP contribution is 2.26. The fourth-order valence-corrected chi connectivity index (χ4v) is 4.85. The fourth-order valence-electron chi connectivity index (χ4n) is 4.85. The van der Waals surface area contributed by atoms with Gasteiger partial charge in [0.25, 0.3) is 0 Å². The van der Waals surface area contributed by atoms with E-state index in [2.05, 4.69) is 73.9 Å². The lowest BCUT2D eigenvalue weighted by Crippen LogP contribution is -2.14. The predicted molar refractivity (Wildman–Crippen MR) is 171 cm³/mol. The number of nitrogens with one attached hydrogen (secondary N) is 1. The number of allylic oxidation sites excluding steroid dienone is 6. The lowest BCUT2D eigenvalue weighted by atomic mass is 9.96. The van der Waals surface area contributed by atoms with Crippen LogP contribution < -0.4 is 10.1 Å². The quantitative estimate of drug-likeness (QED) is 0.197. The average Bonchev–Trinajstić information content (AvgIpc) is 3.17. The summed E-state index contributed by atoms with van der Waals surface area (Å²) in [5.74, 6) is 1.19. The third-order valence-corrected chi connectivity index (χ3v) is 7.27. The van der Waals surface area contributed by atoms with Crippen LogP contribution in [-0.4, -0.2) is 37.3 Å². The number of hydrogen-bond acceptors (Lipinski definition) is 4. The number of aromatic hydroxyl groups is 1. The van der Waals surface area contributed by atoms with E-state index in [4.69, 9.17) is 4.74 Å². The number of phenols is 1. The normalized spacial score (nSPS) is 12.8. The van der Waals surface area contributed by atoms with Crippen molar-refractivity contribution in [3.8, 4) is 11.5 Å². The Labute approximate surface area is 242 Å². The van der Waals surface area contributed by atoms with Gasteiger partial charge in [-0.15, -0.1) is 0 Å². The molecule has 1 aliphatic rings. The molecule has 40 heavy (non-hydrogen) atoms. The summed E-state index contributed by atoms with van der Waals surface area (Å²) in [5, 5.41) is 13.3. The Hall–Kier alpha value is -3.66. The molecule has 0 amide bonds. The number of aryl methyl sites for hydroxylation is 1. The summed E-state index contributed by atoms with van der Waals surface area (Å²) in [6.07, 6.45) is 18.7. The summed E-state index contributed by atoms with van der Waals surface area (Å²) in [6.45, 7) is 12.3. The number of benzene rings is 2. The van der Waals surface area contributed by atoms with Gasteiger partial charge in [0, 0.05) is 38.5 Å². The Morgan fingerprint density at radius 1 is 0.925 bits per heavy atom. The van der Waals surface area contributed by atoms with Crippen LogP contribution in [0.1, 0.15) is 68.1 Å². The second-order valence-electron chi connectivity index (χ2n) is 11.0. The summed E-state index contributed by atoms with van der Waals surface area (Å²) < 4.78 is 5.95. The first kappa shape index (κ1) is 30.9. The number of phenolic OH excluding ortho intramolecular Hbond substituents is 1. The molecule has 0 bridgehead atoms. The van der Waals surface area contributed by atoms with Gasteiger partial charge in [-0.3, -0.25) is 0 Å². The van der Waals surface area contributed by atoms with Crippen molar-refractivity contribution in [2.45, 2.75) is 64.7 Å². The van der Waals surface area contributed by atoms with Gasteiger partial charge in [-0.05, 0) is 91.3 Å². The summed E-state index contributed by atoms with van der Waals surface area (Å²) in [4.78, 5) is 2.14. The van der Waals surface area contributed by atoms with Crippen LogP contribution in [0.3, 0.4) is 0 Å². The van der Waals surface area contributed by atoms with Gasteiger partial charge >= 0.3 is 0 Å². The van der Waals surface area contributed by atoms with Crippen molar-refractivity contribution in [2.75, 3.05) is 27.2 Å². The molecule has 4 heteroatoms. The molecular weight excluding hydrogens is 492 g/mol. The van der Waals surface area contributed by atoms with Crippen LogP contribution in [0.5, 0.6) is 11.5 Å². The maximum Gasteiger partial charge on any atom is 0.119 e. The zero-order valence-electron chi connectivity index (χ0n) is 24.8. The van der Waals surface area contributed by atoms with Crippen molar-refractivity contribution >= 4 is 5.57 Å². The number of ether oxygens (including phenoxy) is 1. The molecule has 0 saturated heterocycles. The minimum atomic E-state index is 0.276. The first-order valence-corrected chi connectivity index (χ1v) is 14.7. The first-order valence-electron chi connectivity index (χ1n) is 14.7. The average molecular weight is 541 g/mol. The van der Waals surface area contributed by atoms with Crippen molar-refractivity contribution in [1.82, 2.24) is 10.2 Å². The van der Waals surface area contributed by atoms with Crippen LogP contribution in [0.15, 0.2) is 96.9 Å². The van der Waals surface area contributed by atoms with E-state index >= 15 is 0 Å². The van der Waals surface area contributed by atoms with Crippen molar-refractivity contribution in [3.63, 3.8) is 0 Å². The molecule has 0 aliphatic heterocycles. The van der Waals surface area contributed by atoms with E-state index in [9.17, 15) is 5.11 Å². The van der Waals surface area contributed by atoms with Crippen LogP contribution in [-0.2, 0) is 6.42 Å². The van der Waals surface area contributed by atoms with Gasteiger partial charge in [-0.25, -0.2) is 0 Å². The lowest BCUT2D eigenvalue weighted by molar-refractivity contribution is 0.304. The molecule has 0 aromatic heterocycles. The molecular formula is C36H48N2O2. The number of hydrogen-bond donors (Lipinski definition) is 2. The molecule has 0 unspecified atom stereocenters. The molecule has 0 heterocycles. The number of nitrogens with zero attached hydrogens (tertiary/aromatic N) is 1. The monoisotopic (exact) mass is 540 g/mol. The van der Waals surface area contributed by atoms with Crippen molar-refractivity contribution in [3.05, 3.63) is 114 Å². The molecule has 3 rings (SSSR count). The molecule has 2 aromatic carbocycles. The van der Waals surface area contributed by atoms with E-state index in [1.807, 2.05) is 25.1 Å². The van der Waals surface area contributed by atoms with Gasteiger partial charge in [0.15, 0.2) is 0 Å². The van der Waals surface area contributed by atoms with Gasteiger partial charge in [0.1, 0.15) is 11.5 Å². The van der Waals surface area contributed by atoms with Crippen molar-refractivity contribution in [1.29, 1.82) is 0 Å². The fraction of sp³-hybridized carbons (Fsp3) is 0.389. The second kappa shape index (κ2) is 16.4. The van der Waals surface area contributed by atoms with Crippen molar-refractivity contribution < 1.29 is 9.84 Å². The van der Waals surface area contributed by atoms with E-state index in [1.165, 1.54) is 48.9 Å². The zero-order chi connectivity index (χ0) is 28.7. The highest BCUT2D eigenvalue weighted by atomic mass is 16.5. The topological polar surface area (TPSA) is 44.7 Å². The molecule has 2 N–H and O–H groups in total. The Bertz CT molecular complexity index is 1200. The zero-order valence-corrected chi connectivity index (χ0v) is 24.8. The second-order valence-corrected chi connectivity index (χ2v) is 11.0. The molecule has 214 valence electrons. The largest absolute Gasteiger partial charge is 0.508 e. The van der Waals surface area contributed by atoms with Gasteiger partial charge in [0.2, 0.25) is 0 Å². The van der Waals surface area contributed by atoms with Crippen LogP contribution in [0.4, 0.5) is 0 Å². The van der Waals surface area contributed by atoms with E-state index < -0.39 is 0 Å².